The lowest BCUT2D eigenvalue weighted by atomic mass is 9.87. The first-order chi connectivity index (χ1) is 18.5. The van der Waals surface area contributed by atoms with Crippen LogP contribution < -0.4 is 10.2 Å². The third-order valence-corrected chi connectivity index (χ3v) is 7.80. The highest BCUT2D eigenvalue weighted by Gasteiger charge is 2.44. The fraction of sp³-hybridized carbons (Fsp3) is 0.621. The summed E-state index contributed by atoms with van der Waals surface area (Å²) in [4.78, 5) is 31.2. The van der Waals surface area contributed by atoms with Gasteiger partial charge in [-0.05, 0) is 49.8 Å². The highest BCUT2D eigenvalue weighted by molar-refractivity contribution is 6.03. The summed E-state index contributed by atoms with van der Waals surface area (Å²) in [5.41, 5.74) is 1.51. The van der Waals surface area contributed by atoms with E-state index in [9.17, 15) is 20.0 Å². The number of nitrogens with zero attached hydrogens (tertiary/aromatic N) is 6. The molecule has 3 unspecified atom stereocenters. The molecule has 2 fully saturated rings. The Morgan fingerprint density at radius 3 is 2.41 bits per heavy atom. The van der Waals surface area contributed by atoms with Gasteiger partial charge in [-0.1, -0.05) is 52.2 Å². The largest absolute Gasteiger partial charge is 0.391 e. The monoisotopic (exact) mass is 535 g/mol. The molecule has 0 spiro atoms. The van der Waals surface area contributed by atoms with E-state index >= 15 is 0 Å². The maximum Gasteiger partial charge on any atom is 0.251 e. The zero-order valence-corrected chi connectivity index (χ0v) is 23.7. The normalized spacial score (nSPS) is 21.0. The molecule has 4 rings (SSSR count). The number of β-amino-alcohol motifs (C(OH)–C–C–N with tert-alkyl or cyclic N) is 1. The molecule has 0 bridgehead atoms. The number of carbonyl (C=O) groups is 2. The quantitative estimate of drug-likeness (QED) is 0.519. The number of aromatic nitrogens is 3. The molecule has 1 saturated heterocycles. The molecule has 1 aromatic carbocycles. The van der Waals surface area contributed by atoms with E-state index in [2.05, 4.69) is 42.5 Å². The fourth-order valence-electron chi connectivity index (χ4n) is 5.57. The third kappa shape index (κ3) is 6.25. The lowest BCUT2D eigenvalue weighted by Gasteiger charge is -2.35. The van der Waals surface area contributed by atoms with Crippen molar-refractivity contribution in [1.82, 2.24) is 25.0 Å². The van der Waals surface area contributed by atoms with Crippen LogP contribution in [0, 0.1) is 11.5 Å². The molecule has 1 aliphatic carbocycles. The van der Waals surface area contributed by atoms with E-state index in [0.29, 0.717) is 11.5 Å². The predicted octanol–water partition coefficient (Wildman–Crippen LogP) is 3.60. The van der Waals surface area contributed by atoms with Crippen molar-refractivity contribution < 1.29 is 14.7 Å². The Labute approximate surface area is 231 Å². The number of likely N-dealkylation sites (tertiary alicyclic amines) is 1. The number of carbonyl (C=O) groups excluding carboxylic acids is 2. The second-order valence-electron chi connectivity index (χ2n) is 12.1. The first-order valence-electron chi connectivity index (χ1n) is 14.0. The van der Waals surface area contributed by atoms with Gasteiger partial charge in [0, 0.05) is 24.2 Å². The fourth-order valence-corrected chi connectivity index (χ4v) is 5.57. The van der Waals surface area contributed by atoms with Gasteiger partial charge >= 0.3 is 0 Å². The van der Waals surface area contributed by atoms with Gasteiger partial charge in [-0.2, -0.15) is 5.26 Å². The van der Waals surface area contributed by atoms with E-state index in [1.807, 2.05) is 38.1 Å². The van der Waals surface area contributed by atoms with Crippen molar-refractivity contribution in [2.24, 2.45) is 0 Å². The summed E-state index contributed by atoms with van der Waals surface area (Å²) < 4.78 is 1.81. The van der Waals surface area contributed by atoms with Crippen molar-refractivity contribution >= 4 is 17.5 Å². The Balaban J connectivity index is 1.83. The summed E-state index contributed by atoms with van der Waals surface area (Å²) in [5, 5.41) is 31.7. The molecule has 0 radical (unpaired) electrons. The summed E-state index contributed by atoms with van der Waals surface area (Å²) in [6.45, 7) is 10.4. The van der Waals surface area contributed by atoms with Crippen LogP contribution in [0.4, 0.5) is 5.69 Å². The van der Waals surface area contributed by atoms with Crippen LogP contribution in [-0.2, 0) is 15.0 Å². The Morgan fingerprint density at radius 1 is 1.15 bits per heavy atom. The average molecular weight is 536 g/mol. The minimum atomic E-state index is -1.11. The van der Waals surface area contributed by atoms with Gasteiger partial charge in [-0.15, -0.1) is 10.2 Å². The molecule has 2 amide bonds. The van der Waals surface area contributed by atoms with E-state index in [0.717, 1.165) is 37.7 Å². The summed E-state index contributed by atoms with van der Waals surface area (Å²) >= 11 is 0. The van der Waals surface area contributed by atoms with Gasteiger partial charge in [0.25, 0.3) is 11.8 Å². The van der Waals surface area contributed by atoms with Crippen molar-refractivity contribution in [3.63, 3.8) is 0 Å². The highest BCUT2D eigenvalue weighted by Crippen LogP contribution is 2.34. The van der Waals surface area contributed by atoms with Crippen LogP contribution in [0.5, 0.6) is 0 Å². The SMILES string of the molecule is CC(C)n1cnnc1C(C(=O)NC1CCCCC1)N(C(=O)C1CC(O)CN1C#N)c1ccc(C(C)(C)C)cc1. The van der Waals surface area contributed by atoms with Crippen molar-refractivity contribution in [2.45, 2.75) is 109 Å². The number of hydrogen-bond acceptors (Lipinski definition) is 7. The van der Waals surface area contributed by atoms with Crippen LogP contribution in [0.2, 0.25) is 0 Å². The van der Waals surface area contributed by atoms with Gasteiger partial charge in [0.1, 0.15) is 12.4 Å². The van der Waals surface area contributed by atoms with Crippen molar-refractivity contribution in [3.8, 4) is 6.19 Å². The number of hydrogen-bond donors (Lipinski definition) is 2. The first-order valence-corrected chi connectivity index (χ1v) is 14.0. The smallest absolute Gasteiger partial charge is 0.251 e. The predicted molar refractivity (Wildman–Crippen MR) is 148 cm³/mol. The molecule has 1 saturated carbocycles. The highest BCUT2D eigenvalue weighted by atomic mass is 16.3. The van der Waals surface area contributed by atoms with Crippen molar-refractivity contribution in [2.75, 3.05) is 11.4 Å². The minimum Gasteiger partial charge on any atom is -0.391 e. The third-order valence-electron chi connectivity index (χ3n) is 7.80. The lowest BCUT2D eigenvalue weighted by Crippen LogP contribution is -2.52. The number of aliphatic hydroxyl groups is 1. The summed E-state index contributed by atoms with van der Waals surface area (Å²) in [7, 11) is 0. The molecule has 2 aromatic rings. The number of nitrogens with one attached hydrogen (secondary N) is 1. The van der Waals surface area contributed by atoms with Crippen LogP contribution >= 0.6 is 0 Å². The molecule has 10 heteroatoms. The zero-order chi connectivity index (χ0) is 28.3. The van der Waals surface area contributed by atoms with Gasteiger partial charge in [0.2, 0.25) is 0 Å². The van der Waals surface area contributed by atoms with Gasteiger partial charge < -0.3 is 15.0 Å². The Bertz CT molecular complexity index is 1190. The molecule has 2 aliphatic rings. The number of nitriles is 1. The van der Waals surface area contributed by atoms with E-state index in [-0.39, 0.29) is 36.4 Å². The maximum atomic E-state index is 14.3. The Hall–Kier alpha value is -3.45. The molecule has 1 aliphatic heterocycles. The average Bonchev–Trinajstić information content (AvgIpc) is 3.53. The molecular weight excluding hydrogens is 494 g/mol. The van der Waals surface area contributed by atoms with E-state index in [1.54, 1.807) is 10.9 Å². The topological polar surface area (TPSA) is 127 Å². The molecule has 39 heavy (non-hydrogen) atoms. The van der Waals surface area contributed by atoms with E-state index in [4.69, 9.17) is 0 Å². The van der Waals surface area contributed by atoms with Crippen LogP contribution in [0.15, 0.2) is 30.6 Å². The molecule has 1 aromatic heterocycles. The number of benzene rings is 1. The van der Waals surface area contributed by atoms with Gasteiger partial charge in [0.15, 0.2) is 18.1 Å². The molecule has 2 heterocycles. The summed E-state index contributed by atoms with van der Waals surface area (Å²) in [5.74, 6) is -0.403. The van der Waals surface area contributed by atoms with Crippen LogP contribution in [-0.4, -0.2) is 61.3 Å². The maximum absolute atomic E-state index is 14.3. The minimum absolute atomic E-state index is 0.0216. The number of anilines is 1. The molecule has 3 atom stereocenters. The van der Waals surface area contributed by atoms with Gasteiger partial charge in [-0.25, -0.2) is 0 Å². The van der Waals surface area contributed by atoms with E-state index < -0.39 is 24.1 Å². The lowest BCUT2D eigenvalue weighted by molar-refractivity contribution is -0.129. The second kappa shape index (κ2) is 11.7. The standard InChI is InChI=1S/C29H41N7O3/c1-19(2)35-18-31-33-26(35)25(27(38)32-21-9-7-6-8-10-21)36(22-13-11-20(12-14-22)29(3,4)5)28(39)24-15-23(37)16-34(24)17-30/h11-14,18-19,21,23-25,37H,6-10,15-16H2,1-5H3,(H,32,38). The number of rotatable bonds is 7. The molecule has 2 N–H and O–H groups in total. The van der Waals surface area contributed by atoms with Crippen molar-refractivity contribution in [3.05, 3.63) is 42.0 Å². The summed E-state index contributed by atoms with van der Waals surface area (Å²) in [6.07, 6.45) is 7.95. The van der Waals surface area contributed by atoms with Gasteiger partial charge in [-0.3, -0.25) is 19.4 Å². The van der Waals surface area contributed by atoms with Crippen LogP contribution in [0.25, 0.3) is 0 Å². The van der Waals surface area contributed by atoms with E-state index in [1.165, 1.54) is 9.80 Å². The first kappa shape index (κ1) is 28.6. The van der Waals surface area contributed by atoms with Crippen LogP contribution in [0.1, 0.15) is 96.6 Å². The Kier molecular flexibility index (Phi) is 8.60. The van der Waals surface area contributed by atoms with Crippen LogP contribution in [0.3, 0.4) is 0 Å². The number of amides is 2. The zero-order valence-electron chi connectivity index (χ0n) is 23.7. The Morgan fingerprint density at radius 2 is 1.82 bits per heavy atom. The number of aliphatic hydroxyl groups excluding tert-OH is 1. The second-order valence-corrected chi connectivity index (χ2v) is 12.1. The summed E-state index contributed by atoms with van der Waals surface area (Å²) in [6, 6.07) is 5.58. The van der Waals surface area contributed by atoms with Crippen molar-refractivity contribution in [1.29, 1.82) is 5.26 Å². The molecule has 10 nitrogen and oxygen atoms in total. The molecule has 210 valence electrons. The molecular formula is C29H41N7O3. The van der Waals surface area contributed by atoms with Gasteiger partial charge in [0.05, 0.1) is 12.6 Å².